The molecule has 0 radical (unpaired) electrons. The largest absolute Gasteiger partial charge is 0.500 e. The molecule has 3 aromatic heterocycles. The molecule has 0 saturated heterocycles. The van der Waals surface area contributed by atoms with Crippen molar-refractivity contribution in [3.8, 4) is 22.8 Å². The number of aryl methyl sites for hydroxylation is 5. The van der Waals surface area contributed by atoms with Gasteiger partial charge in [-0.15, -0.1) is 0 Å². The van der Waals surface area contributed by atoms with E-state index in [4.69, 9.17) is 29.4 Å². The van der Waals surface area contributed by atoms with E-state index < -0.39 is 29.7 Å². The summed E-state index contributed by atoms with van der Waals surface area (Å²) in [4.78, 5) is 107. The molecule has 6 aromatic carbocycles. The summed E-state index contributed by atoms with van der Waals surface area (Å²) in [6.07, 6.45) is 13.8. The highest BCUT2D eigenvalue weighted by Gasteiger charge is 2.27. The Morgan fingerprint density at radius 3 is 1.76 bits per heavy atom. The van der Waals surface area contributed by atoms with Crippen LogP contribution >= 0.6 is 0 Å². The van der Waals surface area contributed by atoms with Gasteiger partial charge in [-0.05, 0) is 167 Å². The van der Waals surface area contributed by atoms with Gasteiger partial charge in [0.1, 0.15) is 35.0 Å². The fraction of sp³-hybridized carbons (Fsp3) is 0.284. The number of allylic oxidation sites excluding steroid dienone is 2. The van der Waals surface area contributed by atoms with Gasteiger partial charge < -0.3 is 43.7 Å². The van der Waals surface area contributed by atoms with E-state index in [1.165, 1.54) is 36.5 Å². The number of carbonyl (C=O) groups excluding carboxylic acids is 7. The minimum absolute atomic E-state index is 0.0369. The van der Waals surface area contributed by atoms with Gasteiger partial charge >= 0.3 is 23.9 Å². The maximum absolute atomic E-state index is 15.2. The average Bonchev–Trinajstić information content (AvgIpc) is 0.906. The third-order valence-corrected chi connectivity index (χ3v) is 15.7. The van der Waals surface area contributed by atoms with Gasteiger partial charge in [0.2, 0.25) is 5.88 Å². The van der Waals surface area contributed by atoms with Crippen molar-refractivity contribution in [2.75, 3.05) is 38.8 Å². The minimum Gasteiger partial charge on any atom is -0.500 e. The van der Waals surface area contributed by atoms with E-state index in [0.717, 1.165) is 76.5 Å². The molecule has 0 bridgehead atoms. The normalized spacial score (nSPS) is 11.2. The van der Waals surface area contributed by atoms with Crippen LogP contribution in [0.1, 0.15) is 129 Å². The number of aromatic nitrogens is 4. The Hall–Kier alpha value is -11.4. The maximum atomic E-state index is 15.2. The summed E-state index contributed by atoms with van der Waals surface area (Å²) in [5, 5.41) is 1.13. The maximum Gasteiger partial charge on any atom is 0.345 e. The van der Waals surface area contributed by atoms with Gasteiger partial charge in [0.05, 0.1) is 49.5 Å². The summed E-state index contributed by atoms with van der Waals surface area (Å²) in [7, 11) is 1.80. The molecule has 10 rings (SSSR count). The first kappa shape index (κ1) is 78.6. The molecule has 101 heavy (non-hydrogen) atoms. The Kier molecular flexibility index (Phi) is 31.0. The van der Waals surface area contributed by atoms with E-state index in [1.807, 2.05) is 123 Å². The Morgan fingerprint density at radius 2 is 1.18 bits per heavy atom. The topological polar surface area (TPSA) is 264 Å². The van der Waals surface area contributed by atoms with E-state index in [-0.39, 0.29) is 89.5 Å². The molecule has 0 unspecified atom stereocenters. The minimum atomic E-state index is -0.645. The number of ketones is 3. The van der Waals surface area contributed by atoms with Gasteiger partial charge in [-0.25, -0.2) is 33.5 Å². The fourth-order valence-corrected chi connectivity index (χ4v) is 10.2. The number of nitrogens with two attached hydrogens (primary N) is 1. The van der Waals surface area contributed by atoms with Gasteiger partial charge in [-0.1, -0.05) is 131 Å². The molecule has 19 nitrogen and oxygen atoms in total. The second kappa shape index (κ2) is 39.9. The highest BCUT2D eigenvalue weighted by Crippen LogP contribution is 2.36. The number of nitrogen functional groups attached to an aromatic ring is 1. The number of esters is 4. The molecular weight excluding hydrogens is 1290 g/mol. The molecule has 0 atom stereocenters. The number of hydrogen-bond donors (Lipinski definition) is 2. The molecule has 528 valence electrons. The van der Waals surface area contributed by atoms with Crippen LogP contribution in [-0.4, -0.2) is 93.8 Å². The van der Waals surface area contributed by atoms with E-state index in [1.54, 1.807) is 70.6 Å². The Bertz CT molecular complexity index is 4490. The number of halogens is 1. The first-order valence-corrected chi connectivity index (χ1v) is 33.7. The van der Waals surface area contributed by atoms with Crippen LogP contribution in [-0.2, 0) is 99.7 Å². The average molecular weight is 1370 g/mol. The zero-order chi connectivity index (χ0) is 73.5. The zero-order valence-corrected chi connectivity index (χ0v) is 59.2. The summed E-state index contributed by atoms with van der Waals surface area (Å²) in [5.74, 6) is -3.86. The second-order valence-corrected chi connectivity index (χ2v) is 22.6. The van der Waals surface area contributed by atoms with Crippen LogP contribution in [0.25, 0.3) is 33.1 Å². The van der Waals surface area contributed by atoms with Gasteiger partial charge in [0, 0.05) is 48.1 Å². The molecule has 0 amide bonds. The van der Waals surface area contributed by atoms with Crippen molar-refractivity contribution >= 4 is 68.9 Å². The number of rotatable bonds is 23. The molecule has 1 aliphatic rings. The van der Waals surface area contributed by atoms with Crippen LogP contribution < -0.4 is 15.9 Å². The number of nitrogens with one attached hydrogen (secondary N) is 1. The Labute approximate surface area is 588 Å². The second-order valence-electron chi connectivity index (χ2n) is 22.6. The summed E-state index contributed by atoms with van der Waals surface area (Å²) in [5.41, 5.74) is 17.0. The fourth-order valence-electron chi connectivity index (χ4n) is 10.2. The van der Waals surface area contributed by atoms with Crippen molar-refractivity contribution in [2.45, 2.75) is 114 Å². The van der Waals surface area contributed by atoms with Gasteiger partial charge in [-0.2, -0.15) is 0 Å². The Morgan fingerprint density at radius 1 is 0.614 bits per heavy atom. The monoisotopic (exact) mass is 1370 g/mol. The number of ether oxygens (including phenoxy) is 6. The van der Waals surface area contributed by atoms with Crippen molar-refractivity contribution in [2.24, 2.45) is 7.05 Å². The van der Waals surface area contributed by atoms with E-state index in [2.05, 4.69) is 45.7 Å². The Balaban J connectivity index is 0.000000222. The van der Waals surface area contributed by atoms with Gasteiger partial charge in [0.15, 0.2) is 34.3 Å². The third kappa shape index (κ3) is 22.3. The molecule has 20 heteroatoms. The van der Waals surface area contributed by atoms with Gasteiger partial charge in [0.25, 0.3) is 0 Å². The van der Waals surface area contributed by atoms with Crippen molar-refractivity contribution < 1.29 is 66.4 Å². The van der Waals surface area contributed by atoms with E-state index >= 15 is 4.39 Å². The third-order valence-electron chi connectivity index (χ3n) is 15.7. The lowest BCUT2D eigenvalue weighted by Crippen LogP contribution is -2.21. The zero-order valence-electron chi connectivity index (χ0n) is 59.2. The van der Waals surface area contributed by atoms with Crippen LogP contribution in [0.2, 0.25) is 0 Å². The van der Waals surface area contributed by atoms with Crippen molar-refractivity contribution in [3.63, 3.8) is 0 Å². The van der Waals surface area contributed by atoms with Crippen LogP contribution in [0, 0.1) is 5.82 Å². The van der Waals surface area contributed by atoms with Crippen molar-refractivity contribution in [1.29, 1.82) is 0 Å². The first-order valence-electron chi connectivity index (χ1n) is 33.7. The van der Waals surface area contributed by atoms with Crippen molar-refractivity contribution in [1.82, 2.24) is 19.5 Å². The summed E-state index contributed by atoms with van der Waals surface area (Å²) >= 11 is 0. The molecule has 0 saturated carbocycles. The molecule has 0 aliphatic heterocycles. The molecule has 3 heterocycles. The number of Topliss-reactive ketones (excluding diaryl/α,β-unsaturated/α-hetero) is 3. The lowest BCUT2D eigenvalue weighted by molar-refractivity contribution is -0.147. The molecule has 0 spiro atoms. The van der Waals surface area contributed by atoms with E-state index in [9.17, 15) is 38.4 Å². The van der Waals surface area contributed by atoms with Crippen LogP contribution in [0.3, 0.4) is 0 Å². The van der Waals surface area contributed by atoms with Crippen LogP contribution in [0.15, 0.2) is 192 Å². The van der Waals surface area contributed by atoms with Crippen LogP contribution in [0.5, 0.6) is 11.6 Å². The highest BCUT2D eigenvalue weighted by atomic mass is 19.1. The molecule has 1 aliphatic carbocycles. The SMILES string of the molecule is CCO/C=C(/C(C)=O)C(=O)OCC.CCOC(=O)C(=CCc1ccc(CC)cc1)C(=O)OCC.CCOC(=O)C1=CCc2ccc(CC)cc2C1=O.CCc1ccc(N)cc1.CCc1ccc2c(c1)c(=O)c(C(=O)Cc1ccc(Oc3ncnc4[nH]cc(-c5ccccc5)c34)c(F)c1)cn2C. The highest BCUT2D eigenvalue weighted by molar-refractivity contribution is 6.25. The predicted octanol–water partition coefficient (Wildman–Crippen LogP) is 14.6. The number of hydrogen-bond acceptors (Lipinski definition) is 17. The van der Waals surface area contributed by atoms with E-state index in [0.29, 0.717) is 47.0 Å². The lowest BCUT2D eigenvalue weighted by atomic mass is 9.89. The number of fused-ring (bicyclic) bond motifs is 3. The molecule has 3 N–H and O–H groups in total. The molecule has 0 fully saturated rings. The summed E-state index contributed by atoms with van der Waals surface area (Å²) in [6, 6.07) is 41.6. The summed E-state index contributed by atoms with van der Waals surface area (Å²) < 4.78 is 47.1. The molecular formula is C81H88FN5O14. The summed E-state index contributed by atoms with van der Waals surface area (Å²) in [6.45, 7) is 19.5. The number of carbonyl (C=O) groups is 7. The van der Waals surface area contributed by atoms with Gasteiger partial charge in [-0.3, -0.25) is 19.2 Å². The quantitative estimate of drug-likeness (QED) is 0.00881. The number of anilines is 1. The molecule has 9 aromatic rings. The number of aromatic amines is 1. The predicted molar refractivity (Wildman–Crippen MR) is 389 cm³/mol. The number of H-pyrrole nitrogens is 1. The smallest absolute Gasteiger partial charge is 0.345 e. The lowest BCUT2D eigenvalue weighted by Gasteiger charge is -2.15. The number of benzene rings is 6. The standard InChI is InChI=1S/C32H25FN4O3.C17H22O4.C15H16O3.C9H14O4.C8H11N/c1-3-19-9-11-26-22(13-19)30(39)24(17-37(26)2)27(38)15-20-10-12-28(25(33)14-20)40-32-29-23(21-7-5-4-6-8-21)16-34-31(29)35-18-36-32;1-4-13-7-9-14(10-8-13)11-12-15(16(18)20-5-2)17(19)21-6-3;1-3-10-5-6-11-7-8-12(15(17)18-4-2)14(16)13(11)9-10;1-4-12-6-8(7(3)10)9(11)13-5-2;1-2-7-3-5-8(9)6-4-7/h4-14,16-18H,3,15H2,1-2H3,(H,34,35,36);7-10,12H,4-6,11H2,1-3H3;5-6,8-9H,3-4,7H2,1-2H3;6H,4-5H2,1-3H3;3-6H,2,9H2,1H3/b;;;8-6-;. The first-order chi connectivity index (χ1) is 48.7. The number of nitrogens with zero attached hydrogens (tertiary/aromatic N) is 3. The number of pyridine rings is 1. The van der Waals surface area contributed by atoms with Crippen LogP contribution in [0.4, 0.5) is 10.1 Å². The van der Waals surface area contributed by atoms with Crippen molar-refractivity contribution in [3.05, 3.63) is 253 Å².